The van der Waals surface area contributed by atoms with Crippen LogP contribution in [0.2, 0.25) is 0 Å². The summed E-state index contributed by atoms with van der Waals surface area (Å²) in [6, 6.07) is 25.4. The fourth-order valence-electron chi connectivity index (χ4n) is 2.70. The van der Waals surface area contributed by atoms with Gasteiger partial charge in [0, 0.05) is 0 Å². The number of rotatable bonds is 2. The molecule has 0 radical (unpaired) electrons. The third-order valence-electron chi connectivity index (χ3n) is 3.72. The van der Waals surface area contributed by atoms with E-state index in [-0.39, 0.29) is 15.0 Å². The van der Waals surface area contributed by atoms with E-state index in [4.69, 9.17) is 0 Å². The monoisotopic (exact) mass is 333 g/mol. The van der Waals surface area contributed by atoms with Crippen molar-refractivity contribution in [1.82, 2.24) is 0 Å². The number of nitriles is 1. The first-order valence-corrected chi connectivity index (χ1v) is 8.49. The van der Waals surface area contributed by atoms with E-state index in [1.165, 1.54) is 31.2 Å². The second-order valence-electron chi connectivity index (χ2n) is 4.97. The summed E-state index contributed by atoms with van der Waals surface area (Å²) in [6.45, 7) is 0. The molecule has 0 saturated heterocycles. The van der Waals surface area contributed by atoms with Crippen molar-refractivity contribution in [3.63, 3.8) is 0 Å². The SMILES string of the molecule is N#Cc1cc2c(cc1[Se]c1ccccc1)-c1ccccc1-2. The van der Waals surface area contributed by atoms with Gasteiger partial charge in [-0.3, -0.25) is 0 Å². The summed E-state index contributed by atoms with van der Waals surface area (Å²) in [4.78, 5) is 0. The second kappa shape index (κ2) is 4.90. The summed E-state index contributed by atoms with van der Waals surface area (Å²) in [7, 11) is 0. The quantitative estimate of drug-likeness (QED) is 0.518. The molecule has 2 heteroatoms. The molecule has 4 rings (SSSR count). The van der Waals surface area contributed by atoms with Gasteiger partial charge in [0.2, 0.25) is 0 Å². The van der Waals surface area contributed by atoms with Crippen molar-refractivity contribution in [2.24, 2.45) is 0 Å². The fourth-order valence-corrected chi connectivity index (χ4v) is 4.67. The van der Waals surface area contributed by atoms with Crippen LogP contribution < -0.4 is 8.92 Å². The third kappa shape index (κ3) is 1.99. The van der Waals surface area contributed by atoms with Crippen LogP contribution in [0.15, 0.2) is 66.7 Å². The van der Waals surface area contributed by atoms with Crippen LogP contribution in [0.4, 0.5) is 0 Å². The Labute approximate surface area is 130 Å². The summed E-state index contributed by atoms with van der Waals surface area (Å²) in [5, 5.41) is 9.44. The molecule has 0 unspecified atom stereocenters. The van der Waals surface area contributed by atoms with Crippen molar-refractivity contribution in [3.8, 4) is 28.3 Å². The van der Waals surface area contributed by atoms with Gasteiger partial charge in [0.25, 0.3) is 0 Å². The Bertz CT molecular complexity index is 876. The van der Waals surface area contributed by atoms with E-state index >= 15 is 0 Å². The summed E-state index contributed by atoms with van der Waals surface area (Å²) < 4.78 is 2.47. The molecule has 0 fully saturated rings. The van der Waals surface area contributed by atoms with Gasteiger partial charge in [0.1, 0.15) is 0 Å². The van der Waals surface area contributed by atoms with E-state index in [0.717, 1.165) is 5.56 Å². The molecule has 0 amide bonds. The standard InChI is InChI=1S/C19H11NSe/c20-12-13-10-17-15-8-4-5-9-16(15)18(17)11-19(13)21-14-6-2-1-3-7-14/h1-11H. The first kappa shape index (κ1) is 12.4. The predicted molar refractivity (Wildman–Crippen MR) is 87.1 cm³/mol. The first-order valence-electron chi connectivity index (χ1n) is 6.77. The van der Waals surface area contributed by atoms with Crippen LogP contribution in [-0.4, -0.2) is 15.0 Å². The van der Waals surface area contributed by atoms with Crippen molar-refractivity contribution in [3.05, 3.63) is 72.3 Å². The Morgan fingerprint density at radius 1 is 0.714 bits per heavy atom. The predicted octanol–water partition coefficient (Wildman–Crippen LogP) is 2.86. The summed E-state index contributed by atoms with van der Waals surface area (Å²) in [5.41, 5.74) is 5.89. The summed E-state index contributed by atoms with van der Waals surface area (Å²) >= 11 is 0.173. The summed E-state index contributed by atoms with van der Waals surface area (Å²) in [5.74, 6) is 0. The Hall–Kier alpha value is -2.33. The normalized spacial score (nSPS) is 11.0. The van der Waals surface area contributed by atoms with Gasteiger partial charge >= 0.3 is 130 Å². The molecule has 0 bridgehead atoms. The molecule has 0 aliphatic heterocycles. The van der Waals surface area contributed by atoms with Crippen LogP contribution >= 0.6 is 0 Å². The molecule has 3 aromatic carbocycles. The Kier molecular flexibility index (Phi) is 2.89. The average molecular weight is 332 g/mol. The van der Waals surface area contributed by atoms with E-state index in [2.05, 4.69) is 66.7 Å². The second-order valence-corrected chi connectivity index (χ2v) is 7.31. The van der Waals surface area contributed by atoms with Gasteiger partial charge in [0.05, 0.1) is 0 Å². The molecule has 98 valence electrons. The number of benzene rings is 3. The van der Waals surface area contributed by atoms with E-state index in [9.17, 15) is 5.26 Å². The molecule has 0 heterocycles. The molecule has 1 nitrogen and oxygen atoms in total. The topological polar surface area (TPSA) is 23.8 Å². The van der Waals surface area contributed by atoms with Crippen molar-refractivity contribution >= 4 is 23.9 Å². The minimum absolute atomic E-state index is 0.173. The Morgan fingerprint density at radius 2 is 1.33 bits per heavy atom. The van der Waals surface area contributed by atoms with E-state index < -0.39 is 0 Å². The molecule has 0 aromatic heterocycles. The van der Waals surface area contributed by atoms with Crippen molar-refractivity contribution < 1.29 is 0 Å². The van der Waals surface area contributed by atoms with E-state index in [0.29, 0.717) is 0 Å². The number of hydrogen-bond donors (Lipinski definition) is 0. The molecule has 1 aliphatic carbocycles. The third-order valence-corrected chi connectivity index (χ3v) is 5.95. The van der Waals surface area contributed by atoms with Gasteiger partial charge in [-0.15, -0.1) is 0 Å². The Morgan fingerprint density at radius 3 is 2.00 bits per heavy atom. The number of hydrogen-bond acceptors (Lipinski definition) is 1. The summed E-state index contributed by atoms with van der Waals surface area (Å²) in [6.07, 6.45) is 0. The van der Waals surface area contributed by atoms with E-state index in [1.807, 2.05) is 6.07 Å². The molecule has 0 spiro atoms. The molecular formula is C19H11NSe. The number of fused-ring (bicyclic) bond motifs is 4. The molecule has 0 atom stereocenters. The van der Waals surface area contributed by atoms with Crippen LogP contribution in [0, 0.1) is 11.3 Å². The van der Waals surface area contributed by atoms with Crippen LogP contribution in [0.1, 0.15) is 5.56 Å². The molecule has 0 saturated carbocycles. The maximum atomic E-state index is 9.44. The number of nitrogens with zero attached hydrogens (tertiary/aromatic N) is 1. The van der Waals surface area contributed by atoms with Gasteiger partial charge < -0.3 is 0 Å². The van der Waals surface area contributed by atoms with Crippen molar-refractivity contribution in [2.45, 2.75) is 0 Å². The van der Waals surface area contributed by atoms with Gasteiger partial charge in [-0.1, -0.05) is 0 Å². The van der Waals surface area contributed by atoms with Crippen LogP contribution in [-0.2, 0) is 0 Å². The zero-order valence-electron chi connectivity index (χ0n) is 11.2. The zero-order chi connectivity index (χ0) is 14.2. The average Bonchev–Trinajstić information content (AvgIpc) is 2.54. The molecular weight excluding hydrogens is 321 g/mol. The van der Waals surface area contributed by atoms with Gasteiger partial charge in [0.15, 0.2) is 0 Å². The fraction of sp³-hybridized carbons (Fsp3) is 0. The van der Waals surface area contributed by atoms with Crippen molar-refractivity contribution in [1.29, 1.82) is 5.26 Å². The zero-order valence-corrected chi connectivity index (χ0v) is 12.9. The molecule has 21 heavy (non-hydrogen) atoms. The molecule has 0 N–H and O–H groups in total. The maximum absolute atomic E-state index is 9.44. The van der Waals surface area contributed by atoms with Crippen LogP contribution in [0.25, 0.3) is 22.3 Å². The van der Waals surface area contributed by atoms with Gasteiger partial charge in [-0.05, 0) is 0 Å². The van der Waals surface area contributed by atoms with Crippen LogP contribution in [0.3, 0.4) is 0 Å². The van der Waals surface area contributed by atoms with Gasteiger partial charge in [-0.25, -0.2) is 0 Å². The minimum atomic E-state index is 0.173. The van der Waals surface area contributed by atoms with Gasteiger partial charge in [-0.2, -0.15) is 0 Å². The van der Waals surface area contributed by atoms with Crippen LogP contribution in [0.5, 0.6) is 0 Å². The molecule has 1 aliphatic rings. The first-order chi connectivity index (χ1) is 10.4. The Balaban J connectivity index is 1.80. The molecule has 3 aromatic rings. The van der Waals surface area contributed by atoms with E-state index in [1.54, 1.807) is 0 Å². The van der Waals surface area contributed by atoms with Crippen molar-refractivity contribution in [2.75, 3.05) is 0 Å².